The Morgan fingerprint density at radius 1 is 1.11 bits per heavy atom. The number of hydrogen-bond donors (Lipinski definition) is 3. The number of para-hydroxylation sites is 1. The maximum Gasteiger partial charge on any atom is 0.418 e. The standard InChI is InChI=1S/C24H26F3IN4O5/c1-4-14(3)30-22(34)23(35)32-29-12-15-10-17(28)21(19(11-15)36-5-2)37-13-20(33)31-18-9-7-6-8-16(18)24(25,26)27/h6-12,14H,4-5,13H2,1-3H3,(H,30,34)(H,31,33)(H,32,35)/b29-12-/t14-/m0/s1. The molecule has 37 heavy (non-hydrogen) atoms. The molecule has 0 fully saturated rings. The number of hydrazone groups is 1. The smallest absolute Gasteiger partial charge is 0.418 e. The molecule has 3 amide bonds. The first-order chi connectivity index (χ1) is 17.5. The van der Waals surface area contributed by atoms with Crippen LogP contribution in [-0.2, 0) is 20.6 Å². The van der Waals surface area contributed by atoms with Crippen LogP contribution in [0.25, 0.3) is 0 Å². The van der Waals surface area contributed by atoms with Crippen LogP contribution in [0, 0.1) is 3.57 Å². The van der Waals surface area contributed by atoms with Gasteiger partial charge in [0.15, 0.2) is 18.1 Å². The number of rotatable bonds is 10. The maximum atomic E-state index is 13.2. The van der Waals surface area contributed by atoms with Crippen LogP contribution in [0.2, 0.25) is 0 Å². The summed E-state index contributed by atoms with van der Waals surface area (Å²) in [7, 11) is 0. The van der Waals surface area contributed by atoms with Crippen molar-refractivity contribution in [2.75, 3.05) is 18.5 Å². The lowest BCUT2D eigenvalue weighted by Crippen LogP contribution is -2.41. The molecule has 0 saturated heterocycles. The van der Waals surface area contributed by atoms with Gasteiger partial charge in [-0.05, 0) is 72.7 Å². The highest BCUT2D eigenvalue weighted by Crippen LogP contribution is 2.35. The number of nitrogens with zero attached hydrogens (tertiary/aromatic N) is 1. The summed E-state index contributed by atoms with van der Waals surface area (Å²) < 4.78 is 51.1. The molecule has 0 unspecified atom stereocenters. The topological polar surface area (TPSA) is 118 Å². The average molecular weight is 634 g/mol. The Bertz CT molecular complexity index is 1160. The van der Waals surface area contributed by atoms with E-state index in [9.17, 15) is 27.6 Å². The van der Waals surface area contributed by atoms with Crippen LogP contribution in [0.1, 0.15) is 38.3 Å². The number of ether oxygens (including phenoxy) is 2. The fourth-order valence-electron chi connectivity index (χ4n) is 2.84. The molecule has 2 rings (SSSR count). The third-order valence-corrected chi connectivity index (χ3v) is 5.56. The van der Waals surface area contributed by atoms with Crippen molar-refractivity contribution in [3.05, 3.63) is 51.1 Å². The highest BCUT2D eigenvalue weighted by molar-refractivity contribution is 14.1. The molecule has 0 bridgehead atoms. The molecule has 0 saturated carbocycles. The molecule has 3 N–H and O–H groups in total. The highest BCUT2D eigenvalue weighted by atomic mass is 127. The molecule has 1 atom stereocenters. The molecule has 0 radical (unpaired) electrons. The van der Waals surface area contributed by atoms with Crippen LogP contribution < -0.4 is 25.5 Å². The predicted octanol–water partition coefficient (Wildman–Crippen LogP) is 4.09. The molecular formula is C24H26F3IN4O5. The van der Waals surface area contributed by atoms with Gasteiger partial charge in [0.05, 0.1) is 27.6 Å². The van der Waals surface area contributed by atoms with Gasteiger partial charge in [0.1, 0.15) is 0 Å². The van der Waals surface area contributed by atoms with Gasteiger partial charge in [0, 0.05) is 6.04 Å². The minimum absolute atomic E-state index is 0.161. The van der Waals surface area contributed by atoms with Gasteiger partial charge in [-0.15, -0.1) is 0 Å². The largest absolute Gasteiger partial charge is 0.490 e. The molecule has 0 aliphatic rings. The predicted molar refractivity (Wildman–Crippen MR) is 140 cm³/mol. The number of benzene rings is 2. The summed E-state index contributed by atoms with van der Waals surface area (Å²) >= 11 is 1.93. The number of anilines is 1. The first-order valence-electron chi connectivity index (χ1n) is 11.1. The SMILES string of the molecule is CCOc1cc(/C=N\NC(=O)C(=O)N[C@@H](C)CC)cc(I)c1OCC(=O)Nc1ccccc1C(F)(F)F. The Morgan fingerprint density at radius 3 is 2.46 bits per heavy atom. The molecule has 0 aliphatic carbocycles. The number of amides is 3. The molecule has 2 aromatic rings. The summed E-state index contributed by atoms with van der Waals surface area (Å²) in [5, 5.41) is 8.51. The lowest BCUT2D eigenvalue weighted by Gasteiger charge is -2.16. The summed E-state index contributed by atoms with van der Waals surface area (Å²) in [6, 6.07) is 7.61. The van der Waals surface area contributed by atoms with Crippen molar-refractivity contribution in [1.29, 1.82) is 0 Å². The van der Waals surface area contributed by atoms with Crippen LogP contribution in [0.3, 0.4) is 0 Å². The van der Waals surface area contributed by atoms with Crippen LogP contribution in [0.5, 0.6) is 11.5 Å². The van der Waals surface area contributed by atoms with E-state index in [0.29, 0.717) is 15.6 Å². The van der Waals surface area contributed by atoms with Gasteiger partial charge in [0.2, 0.25) is 0 Å². The molecular weight excluding hydrogens is 608 g/mol. The zero-order valence-corrected chi connectivity index (χ0v) is 22.4. The van der Waals surface area contributed by atoms with Crippen molar-refractivity contribution < 1.29 is 37.0 Å². The lowest BCUT2D eigenvalue weighted by molar-refractivity contribution is -0.139. The Balaban J connectivity index is 2.09. The normalized spacial score (nSPS) is 12.1. The van der Waals surface area contributed by atoms with Crippen LogP contribution in [0.4, 0.5) is 18.9 Å². The number of carbonyl (C=O) groups excluding carboxylic acids is 3. The van der Waals surface area contributed by atoms with Crippen molar-refractivity contribution in [2.24, 2.45) is 5.10 Å². The van der Waals surface area contributed by atoms with Crippen LogP contribution in [0.15, 0.2) is 41.5 Å². The summed E-state index contributed by atoms with van der Waals surface area (Å²) in [5.41, 5.74) is 1.28. The molecule has 0 aliphatic heterocycles. The van der Waals surface area contributed by atoms with Gasteiger partial charge in [-0.3, -0.25) is 14.4 Å². The number of alkyl halides is 3. The summed E-state index contributed by atoms with van der Waals surface area (Å²) in [4.78, 5) is 35.9. The minimum atomic E-state index is -4.63. The van der Waals surface area contributed by atoms with E-state index in [1.54, 1.807) is 19.9 Å². The number of carbonyl (C=O) groups is 3. The number of hydrogen-bond acceptors (Lipinski definition) is 6. The Morgan fingerprint density at radius 2 is 1.81 bits per heavy atom. The summed E-state index contributed by atoms with van der Waals surface area (Å²) in [5.74, 6) is -2.07. The third-order valence-electron chi connectivity index (χ3n) is 4.76. The molecule has 0 aromatic heterocycles. The quantitative estimate of drug-likeness (QED) is 0.158. The lowest BCUT2D eigenvalue weighted by atomic mass is 10.1. The fraction of sp³-hybridized carbons (Fsp3) is 0.333. The maximum absolute atomic E-state index is 13.2. The fourth-order valence-corrected chi connectivity index (χ4v) is 3.62. The van der Waals surface area contributed by atoms with Crippen LogP contribution in [-0.4, -0.2) is 43.2 Å². The highest BCUT2D eigenvalue weighted by Gasteiger charge is 2.33. The van der Waals surface area contributed by atoms with Gasteiger partial charge in [-0.2, -0.15) is 18.3 Å². The summed E-state index contributed by atoms with van der Waals surface area (Å²) in [6.07, 6.45) is -2.67. The van der Waals surface area contributed by atoms with E-state index in [-0.39, 0.29) is 29.8 Å². The van der Waals surface area contributed by atoms with E-state index < -0.39 is 36.1 Å². The van der Waals surface area contributed by atoms with Crippen molar-refractivity contribution >= 4 is 52.2 Å². The van der Waals surface area contributed by atoms with E-state index >= 15 is 0 Å². The van der Waals surface area contributed by atoms with Gasteiger partial charge in [-0.1, -0.05) is 19.1 Å². The van der Waals surface area contributed by atoms with E-state index in [0.717, 1.165) is 12.1 Å². The average Bonchev–Trinajstić information content (AvgIpc) is 2.83. The summed E-state index contributed by atoms with van der Waals surface area (Å²) in [6.45, 7) is 5.04. The van der Waals surface area contributed by atoms with Crippen molar-refractivity contribution in [1.82, 2.24) is 10.7 Å². The Kier molecular flexibility index (Phi) is 11.1. The molecule has 2 aromatic carbocycles. The zero-order valence-electron chi connectivity index (χ0n) is 20.2. The van der Waals surface area contributed by atoms with E-state index in [1.165, 1.54) is 24.4 Å². The molecule has 200 valence electrons. The molecule has 13 heteroatoms. The van der Waals surface area contributed by atoms with Crippen molar-refractivity contribution in [2.45, 2.75) is 39.4 Å². The molecule has 0 spiro atoms. The second kappa shape index (κ2) is 13.8. The van der Waals surface area contributed by atoms with Gasteiger partial charge < -0.3 is 20.1 Å². The Labute approximate surface area is 225 Å². The van der Waals surface area contributed by atoms with E-state index in [1.807, 2.05) is 29.5 Å². The second-order valence-corrected chi connectivity index (χ2v) is 8.79. The van der Waals surface area contributed by atoms with E-state index in [2.05, 4.69) is 21.2 Å². The number of nitrogens with one attached hydrogen (secondary N) is 3. The molecule has 9 nitrogen and oxygen atoms in total. The monoisotopic (exact) mass is 634 g/mol. The second-order valence-electron chi connectivity index (χ2n) is 7.63. The van der Waals surface area contributed by atoms with Gasteiger partial charge in [0.25, 0.3) is 5.91 Å². The zero-order chi connectivity index (χ0) is 27.6. The van der Waals surface area contributed by atoms with Crippen molar-refractivity contribution in [3.8, 4) is 11.5 Å². The third kappa shape index (κ3) is 9.22. The van der Waals surface area contributed by atoms with E-state index in [4.69, 9.17) is 9.47 Å². The van der Waals surface area contributed by atoms with Crippen molar-refractivity contribution in [3.63, 3.8) is 0 Å². The number of halogens is 4. The first kappa shape index (κ1) is 29.9. The van der Waals surface area contributed by atoms with Gasteiger partial charge >= 0.3 is 18.0 Å². The van der Waals surface area contributed by atoms with Gasteiger partial charge in [-0.25, -0.2) is 5.43 Å². The first-order valence-corrected chi connectivity index (χ1v) is 12.2. The Hall–Kier alpha value is -3.36. The molecule has 0 heterocycles. The minimum Gasteiger partial charge on any atom is -0.490 e. The van der Waals surface area contributed by atoms with Crippen LogP contribution >= 0.6 is 22.6 Å².